The van der Waals surface area contributed by atoms with E-state index >= 15 is 0 Å². The predicted molar refractivity (Wildman–Crippen MR) is 65.1 cm³/mol. The number of hydrogen-bond acceptors (Lipinski definition) is 2. The molecule has 1 fully saturated rings. The van der Waals surface area contributed by atoms with Crippen LogP contribution in [0.25, 0.3) is 0 Å². The average molecular weight is 213 g/mol. The summed E-state index contributed by atoms with van der Waals surface area (Å²) in [5.74, 6) is 0.749. The molecule has 0 bridgehead atoms. The summed E-state index contributed by atoms with van der Waals surface area (Å²) in [6.07, 6.45) is 6.86. The zero-order chi connectivity index (χ0) is 11.1. The van der Waals surface area contributed by atoms with Crippen molar-refractivity contribution in [1.82, 2.24) is 5.32 Å². The summed E-state index contributed by atoms with van der Waals surface area (Å²) in [7, 11) is 0. The monoisotopic (exact) mass is 213 g/mol. The van der Waals surface area contributed by atoms with Crippen LogP contribution < -0.4 is 5.32 Å². The van der Waals surface area contributed by atoms with Crippen molar-refractivity contribution in [3.05, 3.63) is 0 Å². The lowest BCUT2D eigenvalue weighted by atomic mass is 9.99. The van der Waals surface area contributed by atoms with Crippen LogP contribution in [0, 0.1) is 5.92 Å². The molecule has 1 heterocycles. The van der Waals surface area contributed by atoms with E-state index in [-0.39, 0.29) is 0 Å². The van der Waals surface area contributed by atoms with Crippen molar-refractivity contribution in [2.45, 2.75) is 65.0 Å². The fourth-order valence-corrected chi connectivity index (χ4v) is 2.34. The van der Waals surface area contributed by atoms with Gasteiger partial charge in [0.25, 0.3) is 0 Å². The number of ether oxygens (including phenoxy) is 1. The second-order valence-corrected chi connectivity index (χ2v) is 4.82. The van der Waals surface area contributed by atoms with Crippen molar-refractivity contribution in [2.24, 2.45) is 5.92 Å². The minimum Gasteiger partial charge on any atom is -0.378 e. The Morgan fingerprint density at radius 3 is 2.87 bits per heavy atom. The standard InChI is InChI=1S/C13H27NO/c1-4-6-7-11(3)14-10-12-8-9-15-13(12)5-2/h11-14H,4-10H2,1-3H3. The third kappa shape index (κ3) is 4.52. The van der Waals surface area contributed by atoms with Crippen LogP contribution in [0.5, 0.6) is 0 Å². The van der Waals surface area contributed by atoms with Crippen molar-refractivity contribution < 1.29 is 4.74 Å². The highest BCUT2D eigenvalue weighted by molar-refractivity contribution is 4.78. The summed E-state index contributed by atoms with van der Waals surface area (Å²) in [5.41, 5.74) is 0. The molecule has 0 amide bonds. The highest BCUT2D eigenvalue weighted by Gasteiger charge is 2.26. The smallest absolute Gasteiger partial charge is 0.0613 e. The van der Waals surface area contributed by atoms with E-state index in [1.54, 1.807) is 0 Å². The summed E-state index contributed by atoms with van der Waals surface area (Å²) >= 11 is 0. The summed E-state index contributed by atoms with van der Waals surface area (Å²) in [6.45, 7) is 8.89. The molecule has 0 radical (unpaired) electrons. The molecule has 1 rings (SSSR count). The maximum Gasteiger partial charge on any atom is 0.0613 e. The van der Waals surface area contributed by atoms with Gasteiger partial charge in [-0.3, -0.25) is 0 Å². The fourth-order valence-electron chi connectivity index (χ4n) is 2.34. The molecule has 0 saturated carbocycles. The van der Waals surface area contributed by atoms with Gasteiger partial charge < -0.3 is 10.1 Å². The number of nitrogens with one attached hydrogen (secondary N) is 1. The summed E-state index contributed by atoms with van der Waals surface area (Å²) in [5, 5.41) is 3.64. The third-order valence-electron chi connectivity index (χ3n) is 3.47. The van der Waals surface area contributed by atoms with Gasteiger partial charge in [-0.05, 0) is 32.1 Å². The molecule has 0 aromatic carbocycles. The van der Waals surface area contributed by atoms with Gasteiger partial charge in [0.15, 0.2) is 0 Å². The summed E-state index contributed by atoms with van der Waals surface area (Å²) < 4.78 is 5.69. The van der Waals surface area contributed by atoms with E-state index in [9.17, 15) is 0 Å². The average Bonchev–Trinajstić information content (AvgIpc) is 2.70. The van der Waals surface area contributed by atoms with Crippen LogP contribution in [0.3, 0.4) is 0 Å². The summed E-state index contributed by atoms with van der Waals surface area (Å²) in [6, 6.07) is 0.669. The zero-order valence-electron chi connectivity index (χ0n) is 10.6. The molecule has 2 heteroatoms. The Labute approximate surface area is 94.8 Å². The Morgan fingerprint density at radius 1 is 1.40 bits per heavy atom. The van der Waals surface area contributed by atoms with Crippen LogP contribution in [0.2, 0.25) is 0 Å². The van der Waals surface area contributed by atoms with Crippen LogP contribution in [0.15, 0.2) is 0 Å². The quantitative estimate of drug-likeness (QED) is 0.702. The molecule has 0 spiro atoms. The van der Waals surface area contributed by atoms with Gasteiger partial charge in [-0.1, -0.05) is 26.7 Å². The van der Waals surface area contributed by atoms with E-state index in [1.165, 1.54) is 25.7 Å². The first-order chi connectivity index (χ1) is 7.27. The summed E-state index contributed by atoms with van der Waals surface area (Å²) in [4.78, 5) is 0. The predicted octanol–water partition coefficient (Wildman–Crippen LogP) is 2.97. The van der Waals surface area contributed by atoms with Gasteiger partial charge in [-0.15, -0.1) is 0 Å². The number of hydrogen-bond donors (Lipinski definition) is 1. The lowest BCUT2D eigenvalue weighted by Crippen LogP contribution is -2.34. The van der Waals surface area contributed by atoms with Gasteiger partial charge in [-0.2, -0.15) is 0 Å². The molecular formula is C13H27NO. The molecule has 1 saturated heterocycles. The van der Waals surface area contributed by atoms with E-state index < -0.39 is 0 Å². The lowest BCUT2D eigenvalue weighted by molar-refractivity contribution is 0.0866. The van der Waals surface area contributed by atoms with Gasteiger partial charge >= 0.3 is 0 Å². The molecule has 3 unspecified atom stereocenters. The maximum absolute atomic E-state index is 5.69. The van der Waals surface area contributed by atoms with Crippen molar-refractivity contribution in [3.63, 3.8) is 0 Å². The SMILES string of the molecule is CCCCC(C)NCC1CCOC1CC. The van der Waals surface area contributed by atoms with E-state index in [0.29, 0.717) is 12.1 Å². The van der Waals surface area contributed by atoms with Gasteiger partial charge in [0.1, 0.15) is 0 Å². The second kappa shape index (κ2) is 7.24. The van der Waals surface area contributed by atoms with Crippen LogP contribution >= 0.6 is 0 Å². The topological polar surface area (TPSA) is 21.3 Å². The maximum atomic E-state index is 5.69. The van der Waals surface area contributed by atoms with Crippen molar-refractivity contribution >= 4 is 0 Å². The molecule has 0 aromatic rings. The molecular weight excluding hydrogens is 186 g/mol. The first kappa shape index (κ1) is 13.0. The first-order valence-corrected chi connectivity index (χ1v) is 6.62. The highest BCUT2D eigenvalue weighted by Crippen LogP contribution is 2.22. The molecule has 1 aliphatic heterocycles. The minimum absolute atomic E-state index is 0.510. The Hall–Kier alpha value is -0.0800. The Kier molecular flexibility index (Phi) is 6.26. The van der Waals surface area contributed by atoms with Crippen LogP contribution in [-0.4, -0.2) is 25.3 Å². The molecule has 0 aliphatic carbocycles. The number of rotatable bonds is 7. The number of unbranched alkanes of at least 4 members (excludes halogenated alkanes) is 1. The van der Waals surface area contributed by atoms with Gasteiger partial charge in [-0.25, -0.2) is 0 Å². The largest absolute Gasteiger partial charge is 0.378 e. The molecule has 1 aliphatic rings. The van der Waals surface area contributed by atoms with Crippen molar-refractivity contribution in [3.8, 4) is 0 Å². The Balaban J connectivity index is 2.12. The fraction of sp³-hybridized carbons (Fsp3) is 1.00. The van der Waals surface area contributed by atoms with Crippen molar-refractivity contribution in [2.75, 3.05) is 13.2 Å². The normalized spacial score (nSPS) is 28.2. The zero-order valence-corrected chi connectivity index (χ0v) is 10.6. The van der Waals surface area contributed by atoms with E-state index in [0.717, 1.165) is 25.5 Å². The highest BCUT2D eigenvalue weighted by atomic mass is 16.5. The lowest BCUT2D eigenvalue weighted by Gasteiger charge is -2.20. The minimum atomic E-state index is 0.510. The van der Waals surface area contributed by atoms with Crippen LogP contribution in [0.1, 0.15) is 52.9 Å². The molecule has 0 aromatic heterocycles. The van der Waals surface area contributed by atoms with E-state index in [1.807, 2.05) is 0 Å². The molecule has 2 nitrogen and oxygen atoms in total. The van der Waals surface area contributed by atoms with E-state index in [4.69, 9.17) is 4.74 Å². The molecule has 1 N–H and O–H groups in total. The van der Waals surface area contributed by atoms with Crippen LogP contribution in [0.4, 0.5) is 0 Å². The first-order valence-electron chi connectivity index (χ1n) is 6.62. The second-order valence-electron chi connectivity index (χ2n) is 4.82. The van der Waals surface area contributed by atoms with Gasteiger partial charge in [0, 0.05) is 19.2 Å². The Morgan fingerprint density at radius 2 is 2.20 bits per heavy atom. The van der Waals surface area contributed by atoms with Crippen molar-refractivity contribution in [1.29, 1.82) is 0 Å². The van der Waals surface area contributed by atoms with Gasteiger partial charge in [0.05, 0.1) is 6.10 Å². The Bertz CT molecular complexity index is 161. The molecule has 15 heavy (non-hydrogen) atoms. The molecule has 90 valence electrons. The van der Waals surface area contributed by atoms with Crippen LogP contribution in [-0.2, 0) is 4.74 Å². The molecule has 3 atom stereocenters. The van der Waals surface area contributed by atoms with E-state index in [2.05, 4.69) is 26.1 Å². The third-order valence-corrected chi connectivity index (χ3v) is 3.47. The van der Waals surface area contributed by atoms with Gasteiger partial charge in [0.2, 0.25) is 0 Å².